The summed E-state index contributed by atoms with van der Waals surface area (Å²) in [7, 11) is -0.633. The van der Waals surface area contributed by atoms with Gasteiger partial charge in [-0.15, -0.1) is 0 Å². The molecule has 3 heteroatoms. The fourth-order valence-electron chi connectivity index (χ4n) is 1.57. The molecule has 2 rings (SSSR count). The predicted octanol–water partition coefficient (Wildman–Crippen LogP) is 1.08. The number of benzene rings is 1. The molecule has 1 saturated heterocycles. The Morgan fingerprint density at radius 3 is 2.77 bits per heavy atom. The van der Waals surface area contributed by atoms with Gasteiger partial charge in [-0.05, 0) is 5.56 Å². The van der Waals surface area contributed by atoms with Crippen LogP contribution in [0.25, 0.3) is 0 Å². The van der Waals surface area contributed by atoms with Gasteiger partial charge >= 0.3 is 0 Å². The van der Waals surface area contributed by atoms with Gasteiger partial charge in [0.1, 0.15) is 0 Å². The van der Waals surface area contributed by atoms with Gasteiger partial charge in [0.05, 0.1) is 0 Å². The Balaban J connectivity index is 2.13. The Bertz CT molecular complexity index is 299. The van der Waals surface area contributed by atoms with E-state index < -0.39 is 10.8 Å². The standard InChI is InChI=1S/C10H13NOS/c12-13-7-6-11-10(8-13)9-4-2-1-3-5-9/h1-5,10-11H,6-8H2/t10-,13-/m1/s1. The van der Waals surface area contributed by atoms with Crippen molar-refractivity contribution in [1.29, 1.82) is 0 Å². The van der Waals surface area contributed by atoms with Crippen LogP contribution < -0.4 is 5.32 Å². The maximum absolute atomic E-state index is 11.3. The summed E-state index contributed by atoms with van der Waals surface area (Å²) in [5, 5.41) is 3.37. The second kappa shape index (κ2) is 4.03. The van der Waals surface area contributed by atoms with Crippen LogP contribution in [0.3, 0.4) is 0 Å². The molecule has 1 heterocycles. The Morgan fingerprint density at radius 2 is 2.08 bits per heavy atom. The SMILES string of the molecule is O=[S@@]1CCN[C@@H](c2ccccc2)C1. The van der Waals surface area contributed by atoms with Crippen LogP contribution in [0.15, 0.2) is 30.3 Å². The summed E-state index contributed by atoms with van der Waals surface area (Å²) in [4.78, 5) is 0. The van der Waals surface area contributed by atoms with Crippen molar-refractivity contribution in [3.8, 4) is 0 Å². The molecule has 0 spiro atoms. The molecular weight excluding hydrogens is 182 g/mol. The number of hydrogen-bond acceptors (Lipinski definition) is 2. The van der Waals surface area contributed by atoms with E-state index in [0.717, 1.165) is 18.1 Å². The molecule has 1 fully saturated rings. The van der Waals surface area contributed by atoms with Gasteiger partial charge in [-0.1, -0.05) is 30.3 Å². The highest BCUT2D eigenvalue weighted by atomic mass is 32.2. The molecule has 2 nitrogen and oxygen atoms in total. The van der Waals surface area contributed by atoms with Crippen LogP contribution in [-0.4, -0.2) is 22.3 Å². The molecule has 0 unspecified atom stereocenters. The van der Waals surface area contributed by atoms with Crippen LogP contribution >= 0.6 is 0 Å². The quantitative estimate of drug-likeness (QED) is 0.726. The smallest absolute Gasteiger partial charge is 0.0437 e. The first-order valence-corrected chi connectivity index (χ1v) is 5.98. The van der Waals surface area contributed by atoms with Crippen molar-refractivity contribution in [3.05, 3.63) is 35.9 Å². The molecule has 0 saturated carbocycles. The highest BCUT2D eigenvalue weighted by Gasteiger charge is 2.18. The highest BCUT2D eigenvalue weighted by molar-refractivity contribution is 7.85. The largest absolute Gasteiger partial charge is 0.308 e. The summed E-state index contributed by atoms with van der Waals surface area (Å²) in [6.45, 7) is 0.867. The van der Waals surface area contributed by atoms with Crippen molar-refractivity contribution in [2.45, 2.75) is 6.04 Å². The van der Waals surface area contributed by atoms with E-state index in [1.165, 1.54) is 5.56 Å². The third-order valence-corrected chi connectivity index (χ3v) is 3.64. The zero-order valence-corrected chi connectivity index (χ0v) is 8.22. The molecule has 1 aromatic rings. The number of rotatable bonds is 1. The summed E-state index contributed by atoms with van der Waals surface area (Å²) in [5.41, 5.74) is 1.25. The summed E-state index contributed by atoms with van der Waals surface area (Å²) in [6.07, 6.45) is 0. The van der Waals surface area contributed by atoms with Gasteiger partial charge < -0.3 is 5.32 Å². The van der Waals surface area contributed by atoms with Crippen LogP contribution in [0, 0.1) is 0 Å². The number of hydrogen-bond donors (Lipinski definition) is 1. The molecular formula is C10H13NOS. The van der Waals surface area contributed by atoms with Crippen LogP contribution in [0.4, 0.5) is 0 Å². The minimum atomic E-state index is -0.633. The van der Waals surface area contributed by atoms with Gasteiger partial charge in [-0.2, -0.15) is 0 Å². The van der Waals surface area contributed by atoms with Gasteiger partial charge in [-0.3, -0.25) is 4.21 Å². The van der Waals surface area contributed by atoms with Crippen molar-refractivity contribution in [2.75, 3.05) is 18.1 Å². The van der Waals surface area contributed by atoms with Gasteiger partial charge in [0.25, 0.3) is 0 Å². The van der Waals surface area contributed by atoms with E-state index in [-0.39, 0.29) is 6.04 Å². The molecule has 1 aliphatic heterocycles. The van der Waals surface area contributed by atoms with Gasteiger partial charge in [0, 0.05) is 34.9 Å². The fourth-order valence-corrected chi connectivity index (χ4v) is 2.77. The number of nitrogens with one attached hydrogen (secondary N) is 1. The Hall–Kier alpha value is -0.670. The van der Waals surface area contributed by atoms with Crippen LogP contribution in [0.1, 0.15) is 11.6 Å². The van der Waals surface area contributed by atoms with E-state index in [9.17, 15) is 4.21 Å². The van der Waals surface area contributed by atoms with Gasteiger partial charge in [-0.25, -0.2) is 0 Å². The minimum Gasteiger partial charge on any atom is -0.308 e. The summed E-state index contributed by atoms with van der Waals surface area (Å²) in [6, 6.07) is 10.5. The molecule has 13 heavy (non-hydrogen) atoms. The lowest BCUT2D eigenvalue weighted by Gasteiger charge is -2.23. The van der Waals surface area contributed by atoms with Crippen molar-refractivity contribution < 1.29 is 4.21 Å². The van der Waals surface area contributed by atoms with Crippen LogP contribution in [0.5, 0.6) is 0 Å². The van der Waals surface area contributed by atoms with E-state index in [1.807, 2.05) is 18.2 Å². The monoisotopic (exact) mass is 195 g/mol. The maximum atomic E-state index is 11.3. The predicted molar refractivity (Wildman–Crippen MR) is 55.1 cm³/mol. The van der Waals surface area contributed by atoms with Crippen molar-refractivity contribution >= 4 is 10.8 Å². The zero-order chi connectivity index (χ0) is 9.10. The third kappa shape index (κ3) is 2.17. The van der Waals surface area contributed by atoms with E-state index in [4.69, 9.17) is 0 Å². The average Bonchev–Trinajstić information content (AvgIpc) is 2.19. The molecule has 2 atom stereocenters. The van der Waals surface area contributed by atoms with Crippen LogP contribution in [-0.2, 0) is 10.8 Å². The van der Waals surface area contributed by atoms with Crippen molar-refractivity contribution in [2.24, 2.45) is 0 Å². The van der Waals surface area contributed by atoms with Crippen LogP contribution in [0.2, 0.25) is 0 Å². The van der Waals surface area contributed by atoms with Gasteiger partial charge in [0.2, 0.25) is 0 Å². The Labute approximate surface area is 80.8 Å². The molecule has 1 N–H and O–H groups in total. The molecule has 0 aromatic heterocycles. The average molecular weight is 195 g/mol. The van der Waals surface area contributed by atoms with Crippen molar-refractivity contribution in [3.63, 3.8) is 0 Å². The molecule has 70 valence electrons. The molecule has 0 aliphatic carbocycles. The summed E-state index contributed by atoms with van der Waals surface area (Å²) >= 11 is 0. The van der Waals surface area contributed by atoms with E-state index >= 15 is 0 Å². The third-order valence-electron chi connectivity index (χ3n) is 2.27. The first-order chi connectivity index (χ1) is 6.36. The fraction of sp³-hybridized carbons (Fsp3) is 0.400. The molecule has 1 aliphatic rings. The summed E-state index contributed by atoms with van der Waals surface area (Å²) in [5.74, 6) is 1.55. The molecule has 0 bridgehead atoms. The topological polar surface area (TPSA) is 29.1 Å². The van der Waals surface area contributed by atoms with Crippen molar-refractivity contribution in [1.82, 2.24) is 5.32 Å². The zero-order valence-electron chi connectivity index (χ0n) is 7.40. The first-order valence-electron chi connectivity index (χ1n) is 4.49. The lowest BCUT2D eigenvalue weighted by molar-refractivity contribution is 0.572. The normalized spacial score (nSPS) is 28.6. The van der Waals surface area contributed by atoms with E-state index in [0.29, 0.717) is 0 Å². The lowest BCUT2D eigenvalue weighted by Crippen LogP contribution is -2.36. The minimum absolute atomic E-state index is 0.288. The molecule has 1 aromatic carbocycles. The van der Waals surface area contributed by atoms with Gasteiger partial charge in [0.15, 0.2) is 0 Å². The Morgan fingerprint density at radius 1 is 1.31 bits per heavy atom. The second-order valence-corrected chi connectivity index (χ2v) is 4.85. The van der Waals surface area contributed by atoms with E-state index in [1.54, 1.807) is 0 Å². The molecule has 0 radical (unpaired) electrons. The molecule has 0 amide bonds. The highest BCUT2D eigenvalue weighted by Crippen LogP contribution is 2.15. The maximum Gasteiger partial charge on any atom is 0.0437 e. The Kier molecular flexibility index (Phi) is 2.76. The first kappa shape index (κ1) is 8.91. The lowest BCUT2D eigenvalue weighted by atomic mass is 10.1. The van der Waals surface area contributed by atoms with E-state index in [2.05, 4.69) is 17.4 Å². The second-order valence-electron chi connectivity index (χ2n) is 3.23. The summed E-state index contributed by atoms with van der Waals surface area (Å²) < 4.78 is 11.3.